The van der Waals surface area contributed by atoms with Gasteiger partial charge in [0, 0.05) is 11.1 Å². The molecule has 1 aromatic rings. The van der Waals surface area contributed by atoms with E-state index in [1.165, 1.54) is 19.3 Å². The van der Waals surface area contributed by atoms with E-state index in [0.29, 0.717) is 23.5 Å². The van der Waals surface area contributed by atoms with Crippen LogP contribution in [-0.2, 0) is 6.42 Å². The predicted molar refractivity (Wildman–Crippen MR) is 83.9 cm³/mol. The molecule has 0 unspecified atom stereocenters. The Balaban J connectivity index is 2.21. The van der Waals surface area contributed by atoms with Crippen LogP contribution >= 0.6 is 0 Å². The van der Waals surface area contributed by atoms with E-state index in [2.05, 4.69) is 6.92 Å². The maximum Gasteiger partial charge on any atom is 0.279 e. The highest BCUT2D eigenvalue weighted by atomic mass is 16.6. The SMILES string of the molecule is CCC1CCC(Cc2cc(C)c([N+](=O)[O-])cc2[N+](=O)[O-])CC1. The van der Waals surface area contributed by atoms with Crippen LogP contribution in [-0.4, -0.2) is 9.85 Å². The van der Waals surface area contributed by atoms with Crippen LogP contribution in [0.5, 0.6) is 0 Å². The van der Waals surface area contributed by atoms with E-state index in [9.17, 15) is 20.2 Å². The van der Waals surface area contributed by atoms with Crippen molar-refractivity contribution in [2.75, 3.05) is 0 Å². The molecule has 0 N–H and O–H groups in total. The number of hydrogen-bond donors (Lipinski definition) is 0. The maximum atomic E-state index is 11.2. The molecule has 0 saturated heterocycles. The summed E-state index contributed by atoms with van der Waals surface area (Å²) in [5.74, 6) is 1.23. The van der Waals surface area contributed by atoms with Gasteiger partial charge in [-0.3, -0.25) is 20.2 Å². The first-order chi connectivity index (χ1) is 10.4. The zero-order valence-corrected chi connectivity index (χ0v) is 13.1. The molecule has 6 nitrogen and oxygen atoms in total. The summed E-state index contributed by atoms with van der Waals surface area (Å²) in [6.45, 7) is 3.84. The molecular weight excluding hydrogens is 284 g/mol. The lowest BCUT2D eigenvalue weighted by Gasteiger charge is -2.27. The van der Waals surface area contributed by atoms with Crippen molar-refractivity contribution in [3.63, 3.8) is 0 Å². The van der Waals surface area contributed by atoms with Crippen molar-refractivity contribution in [1.82, 2.24) is 0 Å². The molecule has 1 aromatic carbocycles. The Kier molecular flexibility index (Phi) is 5.11. The van der Waals surface area contributed by atoms with Crippen LogP contribution in [0.15, 0.2) is 12.1 Å². The third-order valence-electron chi connectivity index (χ3n) is 4.84. The zero-order chi connectivity index (χ0) is 16.3. The number of benzene rings is 1. The smallest absolute Gasteiger partial charge is 0.258 e. The molecular formula is C16H22N2O4. The highest BCUT2D eigenvalue weighted by Gasteiger charge is 2.26. The molecule has 22 heavy (non-hydrogen) atoms. The fourth-order valence-electron chi connectivity index (χ4n) is 3.43. The molecule has 1 aliphatic rings. The molecule has 0 heterocycles. The van der Waals surface area contributed by atoms with Crippen molar-refractivity contribution in [3.8, 4) is 0 Å². The van der Waals surface area contributed by atoms with E-state index < -0.39 is 9.85 Å². The molecule has 2 rings (SSSR count). The molecule has 1 fully saturated rings. The second-order valence-electron chi connectivity index (χ2n) is 6.28. The summed E-state index contributed by atoms with van der Waals surface area (Å²) in [5.41, 5.74) is 0.834. The van der Waals surface area contributed by atoms with Gasteiger partial charge in [0.2, 0.25) is 0 Å². The number of nitrogens with zero attached hydrogens (tertiary/aromatic N) is 2. The standard InChI is InChI=1S/C16H22N2O4/c1-3-12-4-6-13(7-5-12)9-14-8-11(2)15(17(19)20)10-16(14)18(21)22/h8,10,12-13H,3-7,9H2,1-2H3. The summed E-state index contributed by atoms with van der Waals surface area (Å²) < 4.78 is 0. The molecule has 1 aliphatic carbocycles. The quantitative estimate of drug-likeness (QED) is 0.589. The van der Waals surface area contributed by atoms with Gasteiger partial charge in [-0.1, -0.05) is 26.2 Å². The van der Waals surface area contributed by atoms with Crippen LogP contribution < -0.4 is 0 Å². The first kappa shape index (κ1) is 16.4. The zero-order valence-electron chi connectivity index (χ0n) is 13.1. The van der Waals surface area contributed by atoms with Gasteiger partial charge in [-0.2, -0.15) is 0 Å². The van der Waals surface area contributed by atoms with Crippen LogP contribution in [0.4, 0.5) is 11.4 Å². The van der Waals surface area contributed by atoms with E-state index >= 15 is 0 Å². The van der Waals surface area contributed by atoms with Crippen LogP contribution in [0.25, 0.3) is 0 Å². The third kappa shape index (κ3) is 3.61. The van der Waals surface area contributed by atoms with Crippen LogP contribution in [0.3, 0.4) is 0 Å². The van der Waals surface area contributed by atoms with Gasteiger partial charge < -0.3 is 0 Å². The van der Waals surface area contributed by atoms with E-state index in [1.807, 2.05) is 0 Å². The first-order valence-electron chi connectivity index (χ1n) is 7.84. The van der Waals surface area contributed by atoms with Crippen molar-refractivity contribution in [1.29, 1.82) is 0 Å². The summed E-state index contributed by atoms with van der Waals surface area (Å²) in [6.07, 6.45) is 6.38. The molecule has 0 amide bonds. The topological polar surface area (TPSA) is 86.3 Å². The van der Waals surface area contributed by atoms with Crippen molar-refractivity contribution in [2.45, 2.75) is 52.4 Å². The Morgan fingerprint density at radius 2 is 1.55 bits per heavy atom. The number of rotatable bonds is 5. The van der Waals surface area contributed by atoms with E-state index in [0.717, 1.165) is 24.8 Å². The molecule has 1 saturated carbocycles. The van der Waals surface area contributed by atoms with Crippen LogP contribution in [0.1, 0.15) is 50.2 Å². The van der Waals surface area contributed by atoms with Gasteiger partial charge in [0.05, 0.1) is 15.9 Å². The molecule has 120 valence electrons. The molecule has 0 aromatic heterocycles. The predicted octanol–water partition coefficient (Wildman–Crippen LogP) is 4.57. The second-order valence-corrected chi connectivity index (χ2v) is 6.28. The monoisotopic (exact) mass is 306 g/mol. The molecule has 0 aliphatic heterocycles. The normalized spacial score (nSPS) is 21.5. The Labute approximate surface area is 129 Å². The molecule has 0 spiro atoms. The van der Waals surface area contributed by atoms with Crippen molar-refractivity contribution in [2.24, 2.45) is 11.8 Å². The van der Waals surface area contributed by atoms with E-state index in [1.54, 1.807) is 13.0 Å². The highest BCUT2D eigenvalue weighted by Crippen LogP contribution is 2.36. The fraction of sp³-hybridized carbons (Fsp3) is 0.625. The second kappa shape index (κ2) is 6.85. The Morgan fingerprint density at radius 3 is 2.05 bits per heavy atom. The molecule has 0 atom stereocenters. The Hall–Kier alpha value is -1.98. The number of nitro groups is 2. The highest BCUT2D eigenvalue weighted by molar-refractivity contribution is 5.54. The van der Waals surface area contributed by atoms with Crippen molar-refractivity contribution in [3.05, 3.63) is 43.5 Å². The summed E-state index contributed by atoms with van der Waals surface area (Å²) in [5, 5.41) is 22.2. The average molecular weight is 306 g/mol. The summed E-state index contributed by atoms with van der Waals surface area (Å²) in [4.78, 5) is 21.1. The first-order valence-corrected chi connectivity index (χ1v) is 7.84. The van der Waals surface area contributed by atoms with Gasteiger partial charge >= 0.3 is 0 Å². The minimum absolute atomic E-state index is 0.116. The molecule has 0 radical (unpaired) electrons. The minimum Gasteiger partial charge on any atom is -0.258 e. The Morgan fingerprint density at radius 1 is 1.00 bits per heavy atom. The lowest BCUT2D eigenvalue weighted by atomic mass is 9.78. The summed E-state index contributed by atoms with van der Waals surface area (Å²) in [7, 11) is 0. The number of aryl methyl sites for hydroxylation is 1. The summed E-state index contributed by atoms with van der Waals surface area (Å²) >= 11 is 0. The molecule has 0 bridgehead atoms. The average Bonchev–Trinajstić information content (AvgIpc) is 2.47. The lowest BCUT2D eigenvalue weighted by Crippen LogP contribution is -2.16. The van der Waals surface area contributed by atoms with Gasteiger partial charge in [-0.05, 0) is 44.1 Å². The minimum atomic E-state index is -0.557. The van der Waals surface area contributed by atoms with E-state index in [4.69, 9.17) is 0 Å². The maximum absolute atomic E-state index is 11.2. The van der Waals surface area contributed by atoms with Gasteiger partial charge in [0.25, 0.3) is 11.4 Å². The van der Waals surface area contributed by atoms with Gasteiger partial charge in [0.1, 0.15) is 0 Å². The largest absolute Gasteiger partial charge is 0.279 e. The van der Waals surface area contributed by atoms with Gasteiger partial charge in [0.15, 0.2) is 0 Å². The van der Waals surface area contributed by atoms with Gasteiger partial charge in [-0.15, -0.1) is 0 Å². The number of hydrogen-bond acceptors (Lipinski definition) is 4. The fourth-order valence-corrected chi connectivity index (χ4v) is 3.43. The van der Waals surface area contributed by atoms with E-state index in [-0.39, 0.29) is 11.4 Å². The Bertz CT molecular complexity index is 578. The van der Waals surface area contributed by atoms with Crippen LogP contribution in [0.2, 0.25) is 0 Å². The van der Waals surface area contributed by atoms with Gasteiger partial charge in [-0.25, -0.2) is 0 Å². The van der Waals surface area contributed by atoms with Crippen molar-refractivity contribution < 1.29 is 9.85 Å². The molecule has 6 heteroatoms. The number of nitro benzene ring substituents is 2. The van der Waals surface area contributed by atoms with Crippen LogP contribution in [0, 0.1) is 39.0 Å². The summed E-state index contributed by atoms with van der Waals surface area (Å²) in [6, 6.07) is 2.74. The third-order valence-corrected chi connectivity index (χ3v) is 4.84. The van der Waals surface area contributed by atoms with Crippen molar-refractivity contribution >= 4 is 11.4 Å². The lowest BCUT2D eigenvalue weighted by molar-refractivity contribution is -0.395.